The van der Waals surface area contributed by atoms with E-state index in [9.17, 15) is 0 Å². The second-order valence-electron chi connectivity index (χ2n) is 5.35. The van der Waals surface area contributed by atoms with Gasteiger partial charge < -0.3 is 0 Å². The number of rotatable bonds is 4. The normalized spacial score (nSPS) is 12.2. The van der Waals surface area contributed by atoms with Crippen molar-refractivity contribution >= 4 is 11.6 Å². The van der Waals surface area contributed by atoms with Crippen LogP contribution in [0.25, 0.3) is 0 Å². The molecular formula is C15H23Cl. The highest BCUT2D eigenvalue weighted by Crippen LogP contribution is 2.32. The Hall–Kier alpha value is -0.490. The van der Waals surface area contributed by atoms with Crippen LogP contribution >= 0.6 is 11.6 Å². The van der Waals surface area contributed by atoms with Gasteiger partial charge in [-0.2, -0.15) is 0 Å². The molecule has 16 heavy (non-hydrogen) atoms. The lowest BCUT2D eigenvalue weighted by Crippen LogP contribution is -2.24. The molecule has 0 amide bonds. The SMILES string of the molecule is CCc1ccc(C(C)(C)C(C)C)cc1CCl. The maximum absolute atomic E-state index is 6.01. The second-order valence-corrected chi connectivity index (χ2v) is 5.61. The van der Waals surface area contributed by atoms with Gasteiger partial charge in [0.05, 0.1) is 0 Å². The maximum atomic E-state index is 6.01. The minimum absolute atomic E-state index is 0.215. The number of hydrogen-bond donors (Lipinski definition) is 0. The average molecular weight is 239 g/mol. The summed E-state index contributed by atoms with van der Waals surface area (Å²) in [6.45, 7) is 11.3. The zero-order valence-electron chi connectivity index (χ0n) is 11.1. The zero-order valence-corrected chi connectivity index (χ0v) is 11.9. The molecule has 0 aromatic heterocycles. The Bertz CT molecular complexity index is 350. The highest BCUT2D eigenvalue weighted by atomic mass is 35.5. The fourth-order valence-corrected chi connectivity index (χ4v) is 2.08. The Balaban J connectivity index is 3.17. The van der Waals surface area contributed by atoms with Gasteiger partial charge in [0.25, 0.3) is 0 Å². The van der Waals surface area contributed by atoms with Gasteiger partial charge in [-0.05, 0) is 34.4 Å². The fraction of sp³-hybridized carbons (Fsp3) is 0.600. The highest BCUT2D eigenvalue weighted by molar-refractivity contribution is 6.17. The molecule has 0 aliphatic rings. The topological polar surface area (TPSA) is 0 Å². The molecule has 0 fully saturated rings. The molecule has 0 atom stereocenters. The first-order valence-corrected chi connectivity index (χ1v) is 6.65. The Morgan fingerprint density at radius 1 is 1.19 bits per heavy atom. The van der Waals surface area contributed by atoms with Crippen LogP contribution in [0.15, 0.2) is 18.2 Å². The molecule has 1 heteroatoms. The van der Waals surface area contributed by atoms with Crippen LogP contribution in [-0.2, 0) is 17.7 Å². The van der Waals surface area contributed by atoms with Gasteiger partial charge in [0.15, 0.2) is 0 Å². The van der Waals surface area contributed by atoms with Gasteiger partial charge in [0.1, 0.15) is 0 Å². The minimum Gasteiger partial charge on any atom is -0.122 e. The second kappa shape index (κ2) is 5.23. The quantitative estimate of drug-likeness (QED) is 0.653. The Morgan fingerprint density at radius 2 is 1.81 bits per heavy atom. The molecule has 0 saturated carbocycles. The largest absolute Gasteiger partial charge is 0.122 e. The summed E-state index contributed by atoms with van der Waals surface area (Å²) in [6, 6.07) is 6.78. The molecule has 90 valence electrons. The molecule has 0 N–H and O–H groups in total. The van der Waals surface area contributed by atoms with Crippen LogP contribution in [0.1, 0.15) is 51.3 Å². The van der Waals surface area contributed by atoms with Crippen molar-refractivity contribution in [1.82, 2.24) is 0 Å². The van der Waals surface area contributed by atoms with Crippen molar-refractivity contribution in [2.45, 2.75) is 52.3 Å². The van der Waals surface area contributed by atoms with Crippen molar-refractivity contribution in [1.29, 1.82) is 0 Å². The van der Waals surface area contributed by atoms with Gasteiger partial charge in [-0.25, -0.2) is 0 Å². The zero-order chi connectivity index (χ0) is 12.3. The molecule has 0 bridgehead atoms. The van der Waals surface area contributed by atoms with Gasteiger partial charge in [-0.1, -0.05) is 52.8 Å². The van der Waals surface area contributed by atoms with Crippen LogP contribution in [0.4, 0.5) is 0 Å². The highest BCUT2D eigenvalue weighted by Gasteiger charge is 2.25. The predicted molar refractivity (Wildman–Crippen MR) is 73.2 cm³/mol. The first-order valence-electron chi connectivity index (χ1n) is 6.11. The molecule has 1 rings (SSSR count). The van der Waals surface area contributed by atoms with E-state index in [2.05, 4.69) is 52.8 Å². The Kier molecular flexibility index (Phi) is 4.43. The molecule has 0 saturated heterocycles. The summed E-state index contributed by atoms with van der Waals surface area (Å²) in [5.41, 5.74) is 4.27. The molecule has 0 radical (unpaired) electrons. The summed E-state index contributed by atoms with van der Waals surface area (Å²) in [7, 11) is 0. The van der Waals surface area contributed by atoms with Crippen LogP contribution in [0, 0.1) is 5.92 Å². The first-order chi connectivity index (χ1) is 7.43. The lowest BCUT2D eigenvalue weighted by molar-refractivity contribution is 0.372. The third kappa shape index (κ3) is 2.60. The number of hydrogen-bond acceptors (Lipinski definition) is 0. The van der Waals surface area contributed by atoms with Gasteiger partial charge in [-0.15, -0.1) is 11.6 Å². The van der Waals surface area contributed by atoms with E-state index in [-0.39, 0.29) is 5.41 Å². The van der Waals surface area contributed by atoms with E-state index in [1.807, 2.05) is 0 Å². The van der Waals surface area contributed by atoms with Crippen LogP contribution in [0.2, 0.25) is 0 Å². The minimum atomic E-state index is 0.215. The summed E-state index contributed by atoms with van der Waals surface area (Å²) in [4.78, 5) is 0. The molecule has 0 heterocycles. The standard InChI is InChI=1S/C15H23Cl/c1-6-12-7-8-14(9-13(12)10-16)15(4,5)11(2)3/h7-9,11H,6,10H2,1-5H3. The molecule has 1 aromatic carbocycles. The third-order valence-corrected chi connectivity index (χ3v) is 4.21. The molecule has 0 aliphatic heterocycles. The number of halogens is 1. The summed E-state index contributed by atoms with van der Waals surface area (Å²) < 4.78 is 0. The molecule has 0 spiro atoms. The van der Waals surface area contributed by atoms with Crippen molar-refractivity contribution in [2.24, 2.45) is 5.92 Å². The van der Waals surface area contributed by atoms with Crippen molar-refractivity contribution in [3.63, 3.8) is 0 Å². The van der Waals surface area contributed by atoms with E-state index in [1.54, 1.807) is 0 Å². The van der Waals surface area contributed by atoms with Crippen molar-refractivity contribution < 1.29 is 0 Å². The summed E-state index contributed by atoms with van der Waals surface area (Å²) in [6.07, 6.45) is 1.06. The van der Waals surface area contributed by atoms with E-state index in [0.29, 0.717) is 11.8 Å². The monoisotopic (exact) mass is 238 g/mol. The van der Waals surface area contributed by atoms with Crippen LogP contribution in [0.3, 0.4) is 0 Å². The molecular weight excluding hydrogens is 216 g/mol. The van der Waals surface area contributed by atoms with Gasteiger partial charge in [0.2, 0.25) is 0 Å². The van der Waals surface area contributed by atoms with Crippen molar-refractivity contribution in [2.75, 3.05) is 0 Å². The molecule has 0 unspecified atom stereocenters. The van der Waals surface area contributed by atoms with Gasteiger partial charge >= 0.3 is 0 Å². The van der Waals surface area contributed by atoms with Gasteiger partial charge in [-0.3, -0.25) is 0 Å². The Labute approximate surface area is 105 Å². The maximum Gasteiger partial charge on any atom is 0.0476 e. The van der Waals surface area contributed by atoms with Crippen molar-refractivity contribution in [3.05, 3.63) is 34.9 Å². The third-order valence-electron chi connectivity index (χ3n) is 3.92. The lowest BCUT2D eigenvalue weighted by atomic mass is 9.74. The summed E-state index contributed by atoms with van der Waals surface area (Å²) in [5, 5.41) is 0. The van der Waals surface area contributed by atoms with Crippen molar-refractivity contribution in [3.8, 4) is 0 Å². The smallest absolute Gasteiger partial charge is 0.0476 e. The molecule has 0 aliphatic carbocycles. The molecule has 1 aromatic rings. The lowest BCUT2D eigenvalue weighted by Gasteiger charge is -2.30. The number of aryl methyl sites for hydroxylation is 1. The van der Waals surface area contributed by atoms with E-state index < -0.39 is 0 Å². The van der Waals surface area contributed by atoms with Crippen LogP contribution in [-0.4, -0.2) is 0 Å². The summed E-state index contributed by atoms with van der Waals surface area (Å²) in [5.74, 6) is 1.24. The van der Waals surface area contributed by atoms with Crippen LogP contribution < -0.4 is 0 Å². The van der Waals surface area contributed by atoms with E-state index in [1.165, 1.54) is 16.7 Å². The van der Waals surface area contributed by atoms with E-state index in [0.717, 1.165) is 6.42 Å². The Morgan fingerprint density at radius 3 is 2.25 bits per heavy atom. The first kappa shape index (κ1) is 13.6. The predicted octanol–water partition coefficient (Wildman–Crippen LogP) is 4.92. The fourth-order valence-electron chi connectivity index (χ4n) is 1.83. The van der Waals surface area contributed by atoms with Gasteiger partial charge in [0, 0.05) is 5.88 Å². The average Bonchev–Trinajstić information content (AvgIpc) is 2.27. The van der Waals surface area contributed by atoms with E-state index in [4.69, 9.17) is 11.6 Å². The number of alkyl halides is 1. The summed E-state index contributed by atoms with van der Waals surface area (Å²) >= 11 is 6.01. The molecule has 0 nitrogen and oxygen atoms in total. The van der Waals surface area contributed by atoms with E-state index >= 15 is 0 Å². The number of benzene rings is 1. The van der Waals surface area contributed by atoms with Crippen LogP contribution in [0.5, 0.6) is 0 Å².